The van der Waals surface area contributed by atoms with Crippen LogP contribution < -0.4 is 23.7 Å². The monoisotopic (exact) mass is 560 g/mol. The molecule has 0 radical (unpaired) electrons. The average molecular weight is 561 g/mol. The number of rotatable bonds is 6. The fourth-order valence-electron chi connectivity index (χ4n) is 5.51. The number of hydrogen-bond acceptors (Lipinski definition) is 8. The number of carbonyl (C=O) groups excluding carboxylic acids is 1. The van der Waals surface area contributed by atoms with Crippen molar-refractivity contribution in [1.29, 1.82) is 5.26 Å². The maximum absolute atomic E-state index is 14.0. The second-order valence-corrected chi connectivity index (χ2v) is 9.92. The molecule has 1 amide bonds. The molecule has 4 aromatic rings. The smallest absolute Gasteiger partial charge is 0.259 e. The van der Waals surface area contributed by atoms with E-state index in [1.54, 1.807) is 60.7 Å². The summed E-state index contributed by atoms with van der Waals surface area (Å²) in [5, 5.41) is 23.4. The van der Waals surface area contributed by atoms with E-state index in [4.69, 9.17) is 23.7 Å². The molecule has 4 aromatic carbocycles. The molecule has 3 aliphatic rings. The molecular formula is C33H24N2O7. The van der Waals surface area contributed by atoms with Gasteiger partial charge in [0, 0.05) is 22.9 Å². The Balaban J connectivity index is 1.40. The highest BCUT2D eigenvalue weighted by molar-refractivity contribution is 5.97. The van der Waals surface area contributed by atoms with E-state index in [1.165, 1.54) is 11.1 Å². The van der Waals surface area contributed by atoms with E-state index in [9.17, 15) is 15.2 Å². The van der Waals surface area contributed by atoms with Gasteiger partial charge in [-0.05, 0) is 53.6 Å². The molecule has 42 heavy (non-hydrogen) atoms. The molecule has 2 unspecified atom stereocenters. The second-order valence-electron chi connectivity index (χ2n) is 9.92. The van der Waals surface area contributed by atoms with E-state index < -0.39 is 17.6 Å². The minimum absolute atomic E-state index is 0.0202. The van der Waals surface area contributed by atoms with Crippen LogP contribution >= 0.6 is 0 Å². The first-order chi connectivity index (χ1) is 20.6. The van der Waals surface area contributed by atoms with E-state index in [2.05, 4.69) is 6.07 Å². The van der Waals surface area contributed by atoms with Crippen LogP contribution in [-0.4, -0.2) is 29.5 Å². The highest BCUT2D eigenvalue weighted by atomic mass is 16.7. The minimum atomic E-state index is -1.93. The number of carbonyl (C=O) groups is 1. The van der Waals surface area contributed by atoms with E-state index >= 15 is 0 Å². The molecule has 7 rings (SSSR count). The van der Waals surface area contributed by atoms with Crippen molar-refractivity contribution in [2.75, 3.05) is 13.6 Å². The van der Waals surface area contributed by atoms with Crippen molar-refractivity contribution in [3.63, 3.8) is 0 Å². The summed E-state index contributed by atoms with van der Waals surface area (Å²) in [6.45, 7) is 0.172. The summed E-state index contributed by atoms with van der Waals surface area (Å²) in [4.78, 5) is 15.3. The van der Waals surface area contributed by atoms with Crippen LogP contribution in [0.3, 0.4) is 0 Å². The first-order valence-corrected chi connectivity index (χ1v) is 13.3. The van der Waals surface area contributed by atoms with Crippen molar-refractivity contribution in [3.8, 4) is 34.8 Å². The minimum Gasteiger partial charge on any atom is -0.484 e. The molecule has 3 aliphatic heterocycles. The zero-order valence-corrected chi connectivity index (χ0v) is 22.2. The Labute approximate surface area is 241 Å². The number of fused-ring (bicyclic) bond motifs is 3. The highest BCUT2D eigenvalue weighted by Gasteiger charge is 2.52. The maximum Gasteiger partial charge on any atom is 0.259 e. The Morgan fingerprint density at radius 1 is 0.929 bits per heavy atom. The van der Waals surface area contributed by atoms with Crippen LogP contribution in [0.5, 0.6) is 28.7 Å². The van der Waals surface area contributed by atoms with Crippen LogP contribution in [0.1, 0.15) is 38.7 Å². The summed E-state index contributed by atoms with van der Waals surface area (Å²) in [6, 6.07) is 27.1. The lowest BCUT2D eigenvalue weighted by atomic mass is 9.76. The predicted octanol–water partition coefficient (Wildman–Crippen LogP) is 5.30. The number of nitrogens with zero attached hydrogens (tertiary/aromatic N) is 2. The maximum atomic E-state index is 14.0. The number of benzene rings is 4. The Bertz CT molecular complexity index is 1750. The van der Waals surface area contributed by atoms with Gasteiger partial charge in [-0.2, -0.15) is 5.26 Å². The molecule has 1 N–H and O–H groups in total. The van der Waals surface area contributed by atoms with Crippen LogP contribution in [-0.2, 0) is 12.1 Å². The summed E-state index contributed by atoms with van der Waals surface area (Å²) < 4.78 is 28.8. The van der Waals surface area contributed by atoms with Crippen LogP contribution in [0.2, 0.25) is 0 Å². The topological polar surface area (TPSA) is 110 Å². The summed E-state index contributed by atoms with van der Waals surface area (Å²) in [5.74, 6) is 1.44. The molecule has 0 spiro atoms. The largest absolute Gasteiger partial charge is 0.484 e. The summed E-state index contributed by atoms with van der Waals surface area (Å²) in [5.41, 5.74) is 0.538. The first-order valence-electron chi connectivity index (χ1n) is 13.3. The quantitative estimate of drug-likeness (QED) is 0.338. The molecule has 2 atom stereocenters. The van der Waals surface area contributed by atoms with Gasteiger partial charge in [-0.3, -0.25) is 9.69 Å². The summed E-state index contributed by atoms with van der Waals surface area (Å²) in [6.07, 6.45) is 1.64. The summed E-state index contributed by atoms with van der Waals surface area (Å²) in [7, 11) is 0. The van der Waals surface area contributed by atoms with Gasteiger partial charge in [0.25, 0.3) is 5.91 Å². The first kappa shape index (κ1) is 25.5. The van der Waals surface area contributed by atoms with Gasteiger partial charge in [0.2, 0.25) is 19.3 Å². The lowest BCUT2D eigenvalue weighted by molar-refractivity contribution is 0.0188. The molecule has 0 aromatic heterocycles. The zero-order chi connectivity index (χ0) is 28.7. The third-order valence-electron chi connectivity index (χ3n) is 7.59. The van der Waals surface area contributed by atoms with Crippen molar-refractivity contribution in [1.82, 2.24) is 4.90 Å². The van der Waals surface area contributed by atoms with Gasteiger partial charge in [-0.1, -0.05) is 48.5 Å². The normalized spacial score (nSPS) is 18.2. The third kappa shape index (κ3) is 4.00. The van der Waals surface area contributed by atoms with E-state index in [0.29, 0.717) is 39.7 Å². The van der Waals surface area contributed by atoms with Gasteiger partial charge in [0.1, 0.15) is 12.7 Å². The Morgan fingerprint density at radius 2 is 1.62 bits per heavy atom. The predicted molar refractivity (Wildman–Crippen MR) is 150 cm³/mol. The van der Waals surface area contributed by atoms with Crippen molar-refractivity contribution in [2.45, 2.75) is 18.2 Å². The molecule has 208 valence electrons. The van der Waals surface area contributed by atoms with Gasteiger partial charge in [-0.15, -0.1) is 0 Å². The number of hydrogen-bond donors (Lipinski definition) is 1. The standard InChI is InChI=1S/C33H24N2O7/c34-18-33(31(36)24-11-12-26-30(42-20-39-26)29(24)38-17-21-7-3-1-4-8-21)25-16-28-27(40-19-41-28)15-23(25)13-14-35(33)32(37)22-9-5-2-6-10-22/h1-16,31,36H,17,19-20H2. The van der Waals surface area contributed by atoms with Crippen molar-refractivity contribution >= 4 is 12.0 Å². The molecule has 0 aliphatic carbocycles. The SMILES string of the molecule is N#CC1(C(O)c2ccc3c(c2OCc2ccccc2)OCO3)c2cc3c(cc2C=CN1C(=O)c1ccccc1)OCO3. The Kier molecular flexibility index (Phi) is 6.18. The average Bonchev–Trinajstić information content (AvgIpc) is 3.72. The van der Waals surface area contributed by atoms with Gasteiger partial charge in [0.05, 0.1) is 6.07 Å². The molecule has 0 fully saturated rings. The highest BCUT2D eigenvalue weighted by Crippen LogP contribution is 2.53. The van der Waals surface area contributed by atoms with Gasteiger partial charge < -0.3 is 28.8 Å². The lowest BCUT2D eigenvalue weighted by Gasteiger charge is -2.43. The number of aliphatic hydroxyl groups excluding tert-OH is 1. The van der Waals surface area contributed by atoms with Gasteiger partial charge in [0.15, 0.2) is 28.5 Å². The van der Waals surface area contributed by atoms with Crippen molar-refractivity contribution in [2.24, 2.45) is 0 Å². The van der Waals surface area contributed by atoms with Crippen LogP contribution in [0, 0.1) is 11.3 Å². The van der Waals surface area contributed by atoms with Crippen LogP contribution in [0.15, 0.2) is 91.1 Å². The number of aliphatic hydroxyl groups is 1. The van der Waals surface area contributed by atoms with E-state index in [0.717, 1.165) is 5.56 Å². The fraction of sp³-hybridized carbons (Fsp3) is 0.152. The molecule has 0 bridgehead atoms. The van der Waals surface area contributed by atoms with E-state index in [-0.39, 0.29) is 31.5 Å². The number of nitriles is 1. The second kappa shape index (κ2) is 10.2. The molecule has 0 saturated carbocycles. The Hall–Kier alpha value is -5.46. The molecule has 9 heteroatoms. The molecule has 9 nitrogen and oxygen atoms in total. The van der Waals surface area contributed by atoms with Crippen molar-refractivity contribution < 1.29 is 33.6 Å². The molecule has 0 saturated heterocycles. The third-order valence-corrected chi connectivity index (χ3v) is 7.59. The molecule has 3 heterocycles. The number of ether oxygens (including phenoxy) is 5. The Morgan fingerprint density at radius 3 is 2.38 bits per heavy atom. The lowest BCUT2D eigenvalue weighted by Crippen LogP contribution is -2.51. The fourth-order valence-corrected chi connectivity index (χ4v) is 5.51. The van der Waals surface area contributed by atoms with Gasteiger partial charge >= 0.3 is 0 Å². The van der Waals surface area contributed by atoms with Crippen molar-refractivity contribution in [3.05, 3.63) is 119 Å². The van der Waals surface area contributed by atoms with E-state index in [1.807, 2.05) is 30.3 Å². The summed E-state index contributed by atoms with van der Waals surface area (Å²) >= 11 is 0. The van der Waals surface area contributed by atoms with Crippen LogP contribution in [0.25, 0.3) is 6.08 Å². The number of amides is 1. The van der Waals surface area contributed by atoms with Gasteiger partial charge in [-0.25, -0.2) is 0 Å². The zero-order valence-electron chi connectivity index (χ0n) is 22.2. The molecular weight excluding hydrogens is 536 g/mol. The van der Waals surface area contributed by atoms with Crippen LogP contribution in [0.4, 0.5) is 0 Å².